The summed E-state index contributed by atoms with van der Waals surface area (Å²) in [7, 11) is 0. The van der Waals surface area contributed by atoms with Crippen molar-refractivity contribution in [1.82, 2.24) is 0 Å². The molecule has 94 valence electrons. The number of aryl methyl sites for hydroxylation is 1. The molecular weight excluding hydrogens is 226 g/mol. The molecule has 0 spiro atoms. The summed E-state index contributed by atoms with van der Waals surface area (Å²) in [5, 5.41) is 6.33. The number of benzene rings is 1. The number of amides is 1. The Bertz CT molecular complexity index is 514. The van der Waals surface area contributed by atoms with Gasteiger partial charge in [-0.25, -0.2) is 0 Å². The maximum atomic E-state index is 11.3. The van der Waals surface area contributed by atoms with E-state index in [-0.39, 0.29) is 5.91 Å². The van der Waals surface area contributed by atoms with Crippen molar-refractivity contribution in [3.05, 3.63) is 29.8 Å². The lowest BCUT2D eigenvalue weighted by Gasteiger charge is -2.21. The number of anilines is 3. The highest BCUT2D eigenvalue weighted by molar-refractivity contribution is 5.95. The van der Waals surface area contributed by atoms with Gasteiger partial charge in [-0.05, 0) is 37.0 Å². The molecule has 1 heterocycles. The number of hydrogen-bond acceptors (Lipinski definition) is 3. The Morgan fingerprint density at radius 1 is 1.22 bits per heavy atom. The molecule has 2 aliphatic rings. The summed E-state index contributed by atoms with van der Waals surface area (Å²) in [6, 6.07) is 4.38. The molecule has 0 saturated carbocycles. The second-order valence-corrected chi connectivity index (χ2v) is 4.93. The lowest BCUT2D eigenvalue weighted by atomic mass is 10.0. The molecule has 1 amide bonds. The zero-order valence-electron chi connectivity index (χ0n) is 10.2. The number of nitrogens with one attached hydrogen (secondary N) is 2. The molecule has 1 aliphatic carbocycles. The van der Waals surface area contributed by atoms with Crippen molar-refractivity contribution in [3.63, 3.8) is 0 Å². The van der Waals surface area contributed by atoms with Crippen LogP contribution in [-0.4, -0.2) is 11.9 Å². The first-order valence-corrected chi connectivity index (χ1v) is 6.36. The molecule has 0 radical (unpaired) electrons. The second-order valence-electron chi connectivity index (χ2n) is 4.93. The van der Waals surface area contributed by atoms with Crippen LogP contribution in [0.25, 0.3) is 0 Å². The second kappa shape index (κ2) is 4.37. The molecule has 0 aromatic heterocycles. The predicted molar refractivity (Wildman–Crippen MR) is 73.6 cm³/mol. The Hall–Kier alpha value is -1.97. The van der Waals surface area contributed by atoms with Gasteiger partial charge in [-0.1, -0.05) is 12.2 Å². The summed E-state index contributed by atoms with van der Waals surface area (Å²) in [5.74, 6) is 0.0719. The van der Waals surface area contributed by atoms with E-state index in [1.54, 1.807) is 0 Å². The monoisotopic (exact) mass is 243 g/mol. The Kier molecular flexibility index (Phi) is 2.70. The molecule has 1 aromatic carbocycles. The van der Waals surface area contributed by atoms with Gasteiger partial charge in [0, 0.05) is 18.2 Å². The molecular formula is C14H17N3O. The first kappa shape index (κ1) is 11.1. The normalized spacial score (nSPS) is 18.6. The van der Waals surface area contributed by atoms with Crippen molar-refractivity contribution in [2.24, 2.45) is 0 Å². The van der Waals surface area contributed by atoms with Crippen LogP contribution in [0.5, 0.6) is 0 Å². The van der Waals surface area contributed by atoms with E-state index in [4.69, 9.17) is 5.73 Å². The fourth-order valence-corrected chi connectivity index (χ4v) is 2.53. The topological polar surface area (TPSA) is 67.1 Å². The van der Waals surface area contributed by atoms with Gasteiger partial charge >= 0.3 is 0 Å². The van der Waals surface area contributed by atoms with Gasteiger partial charge in [-0.3, -0.25) is 4.79 Å². The molecule has 3 rings (SSSR count). The lowest BCUT2D eigenvalue weighted by molar-refractivity contribution is -0.116. The van der Waals surface area contributed by atoms with Gasteiger partial charge in [0.25, 0.3) is 0 Å². The standard InChI is InChI=1S/C14H17N3O/c15-11-8-12-9(5-6-14(18)17-12)7-13(11)16-10-3-1-2-4-10/h1-2,7-8,10,16H,3-6,15H2,(H,17,18). The van der Waals surface area contributed by atoms with Gasteiger partial charge < -0.3 is 16.4 Å². The summed E-state index contributed by atoms with van der Waals surface area (Å²) in [6.07, 6.45) is 7.82. The van der Waals surface area contributed by atoms with Crippen LogP contribution >= 0.6 is 0 Å². The summed E-state index contributed by atoms with van der Waals surface area (Å²) in [4.78, 5) is 11.3. The molecule has 0 bridgehead atoms. The van der Waals surface area contributed by atoms with Crippen LogP contribution in [0.2, 0.25) is 0 Å². The maximum Gasteiger partial charge on any atom is 0.224 e. The van der Waals surface area contributed by atoms with Crippen LogP contribution in [0.1, 0.15) is 24.8 Å². The van der Waals surface area contributed by atoms with Gasteiger partial charge in [0.1, 0.15) is 0 Å². The minimum Gasteiger partial charge on any atom is -0.397 e. The highest BCUT2D eigenvalue weighted by Gasteiger charge is 2.18. The third-order valence-corrected chi connectivity index (χ3v) is 3.54. The van der Waals surface area contributed by atoms with Crippen molar-refractivity contribution >= 4 is 23.0 Å². The predicted octanol–water partition coefficient (Wildman–Crippen LogP) is 2.28. The fourth-order valence-electron chi connectivity index (χ4n) is 2.53. The third-order valence-electron chi connectivity index (χ3n) is 3.54. The third kappa shape index (κ3) is 2.06. The zero-order chi connectivity index (χ0) is 12.5. The molecule has 0 fully saturated rings. The quantitative estimate of drug-likeness (QED) is 0.551. The lowest BCUT2D eigenvalue weighted by Crippen LogP contribution is -2.21. The molecule has 18 heavy (non-hydrogen) atoms. The summed E-state index contributed by atoms with van der Waals surface area (Å²) in [6.45, 7) is 0. The van der Waals surface area contributed by atoms with Crippen LogP contribution in [0.4, 0.5) is 17.1 Å². The summed E-state index contributed by atoms with van der Waals surface area (Å²) in [5.41, 5.74) is 9.74. The zero-order valence-corrected chi connectivity index (χ0v) is 10.2. The van der Waals surface area contributed by atoms with Crippen molar-refractivity contribution in [1.29, 1.82) is 0 Å². The van der Waals surface area contributed by atoms with Crippen LogP contribution in [0, 0.1) is 0 Å². The van der Waals surface area contributed by atoms with E-state index in [0.29, 0.717) is 18.2 Å². The van der Waals surface area contributed by atoms with E-state index in [0.717, 1.165) is 36.2 Å². The minimum atomic E-state index is 0.0719. The van der Waals surface area contributed by atoms with Crippen LogP contribution in [0.3, 0.4) is 0 Å². The van der Waals surface area contributed by atoms with Crippen LogP contribution < -0.4 is 16.4 Å². The Morgan fingerprint density at radius 2 is 2.00 bits per heavy atom. The number of rotatable bonds is 2. The first-order valence-electron chi connectivity index (χ1n) is 6.36. The summed E-state index contributed by atoms with van der Waals surface area (Å²) >= 11 is 0. The van der Waals surface area contributed by atoms with E-state index in [9.17, 15) is 4.79 Å². The smallest absolute Gasteiger partial charge is 0.224 e. The van der Waals surface area contributed by atoms with Crippen molar-refractivity contribution < 1.29 is 4.79 Å². The van der Waals surface area contributed by atoms with Crippen molar-refractivity contribution in [2.75, 3.05) is 16.4 Å². The van der Waals surface area contributed by atoms with E-state index in [1.807, 2.05) is 6.07 Å². The number of hydrogen-bond donors (Lipinski definition) is 3. The molecule has 4 heteroatoms. The number of carbonyl (C=O) groups is 1. The number of carbonyl (C=O) groups excluding carboxylic acids is 1. The van der Waals surface area contributed by atoms with E-state index >= 15 is 0 Å². The molecule has 4 nitrogen and oxygen atoms in total. The largest absolute Gasteiger partial charge is 0.397 e. The fraction of sp³-hybridized carbons (Fsp3) is 0.357. The average molecular weight is 243 g/mol. The van der Waals surface area contributed by atoms with Crippen LogP contribution in [0.15, 0.2) is 24.3 Å². The number of nitrogen functional groups attached to an aromatic ring is 1. The van der Waals surface area contributed by atoms with E-state index in [1.165, 1.54) is 0 Å². The van der Waals surface area contributed by atoms with Gasteiger partial charge in [-0.2, -0.15) is 0 Å². The Labute approximate surface area is 106 Å². The SMILES string of the molecule is Nc1cc2c(cc1NC1CC=CC1)CCC(=O)N2. The van der Waals surface area contributed by atoms with Crippen molar-refractivity contribution in [2.45, 2.75) is 31.7 Å². The van der Waals surface area contributed by atoms with Gasteiger partial charge in [-0.15, -0.1) is 0 Å². The van der Waals surface area contributed by atoms with E-state index in [2.05, 4.69) is 28.9 Å². The van der Waals surface area contributed by atoms with Gasteiger partial charge in [0.15, 0.2) is 0 Å². The number of fused-ring (bicyclic) bond motifs is 1. The van der Waals surface area contributed by atoms with Crippen molar-refractivity contribution in [3.8, 4) is 0 Å². The highest BCUT2D eigenvalue weighted by atomic mass is 16.1. The first-order chi connectivity index (χ1) is 8.72. The van der Waals surface area contributed by atoms with Crippen LogP contribution in [-0.2, 0) is 11.2 Å². The minimum absolute atomic E-state index is 0.0719. The van der Waals surface area contributed by atoms with Gasteiger partial charge in [0.2, 0.25) is 5.91 Å². The maximum absolute atomic E-state index is 11.3. The number of nitrogens with two attached hydrogens (primary N) is 1. The molecule has 1 aromatic rings. The average Bonchev–Trinajstić information content (AvgIpc) is 2.83. The molecule has 0 atom stereocenters. The van der Waals surface area contributed by atoms with Gasteiger partial charge in [0.05, 0.1) is 11.4 Å². The molecule has 1 aliphatic heterocycles. The highest BCUT2D eigenvalue weighted by Crippen LogP contribution is 2.32. The Morgan fingerprint density at radius 3 is 2.78 bits per heavy atom. The van der Waals surface area contributed by atoms with E-state index < -0.39 is 0 Å². The molecule has 4 N–H and O–H groups in total. The molecule has 0 unspecified atom stereocenters. The molecule has 0 saturated heterocycles. The Balaban J connectivity index is 1.84. The summed E-state index contributed by atoms with van der Waals surface area (Å²) < 4.78 is 0.